The van der Waals surface area contributed by atoms with E-state index in [1.54, 1.807) is 0 Å². The van der Waals surface area contributed by atoms with E-state index in [2.05, 4.69) is 16.4 Å². The molecular weight excluding hydrogens is 202 g/mol. The van der Waals surface area contributed by atoms with Crippen LogP contribution in [0.3, 0.4) is 0 Å². The molecule has 0 aliphatic carbocycles. The molecule has 4 nitrogen and oxygen atoms in total. The Morgan fingerprint density at radius 2 is 2.31 bits per heavy atom. The number of nitrogens with zero attached hydrogens (tertiary/aromatic N) is 1. The van der Waals surface area contributed by atoms with Crippen LogP contribution in [-0.2, 0) is 0 Å². The van der Waals surface area contributed by atoms with Crippen LogP contribution in [0.25, 0.3) is 11.0 Å². The molecule has 0 amide bonds. The van der Waals surface area contributed by atoms with Gasteiger partial charge < -0.3 is 10.3 Å². The van der Waals surface area contributed by atoms with Gasteiger partial charge in [0.1, 0.15) is 0 Å². The number of hydrogen-bond acceptors (Lipinski definition) is 2. The number of aromatic nitrogens is 2. The molecule has 84 valence electrons. The molecule has 1 aromatic carbocycles. The highest BCUT2D eigenvalue weighted by Gasteiger charge is 2.20. The number of aromatic amines is 1. The number of H-pyrrole nitrogens is 1. The van der Waals surface area contributed by atoms with E-state index in [0.29, 0.717) is 6.04 Å². The summed E-state index contributed by atoms with van der Waals surface area (Å²) in [5, 5.41) is 3.29. The lowest BCUT2D eigenvalue weighted by Gasteiger charge is -2.10. The highest BCUT2D eigenvalue weighted by molar-refractivity contribution is 5.76. The third kappa shape index (κ3) is 1.38. The highest BCUT2D eigenvalue weighted by Crippen LogP contribution is 2.20. The number of aryl methyl sites for hydroxylation is 1. The van der Waals surface area contributed by atoms with Gasteiger partial charge in [0.15, 0.2) is 0 Å². The Morgan fingerprint density at radius 1 is 1.44 bits per heavy atom. The van der Waals surface area contributed by atoms with E-state index in [1.807, 2.05) is 23.6 Å². The monoisotopic (exact) mass is 217 g/mol. The van der Waals surface area contributed by atoms with E-state index in [0.717, 1.165) is 30.5 Å². The minimum absolute atomic E-state index is 0.00861. The van der Waals surface area contributed by atoms with Gasteiger partial charge in [-0.1, -0.05) is 6.07 Å². The highest BCUT2D eigenvalue weighted by atomic mass is 16.1. The molecule has 2 N–H and O–H groups in total. The molecule has 2 aromatic rings. The summed E-state index contributed by atoms with van der Waals surface area (Å²) in [5.74, 6) is 0. The topological polar surface area (TPSA) is 49.8 Å². The van der Waals surface area contributed by atoms with Crippen LogP contribution in [0.1, 0.15) is 18.0 Å². The van der Waals surface area contributed by atoms with Crippen LogP contribution in [-0.4, -0.2) is 22.6 Å². The van der Waals surface area contributed by atoms with Crippen molar-refractivity contribution in [1.29, 1.82) is 0 Å². The zero-order valence-electron chi connectivity index (χ0n) is 9.29. The van der Waals surface area contributed by atoms with Crippen molar-refractivity contribution in [2.24, 2.45) is 0 Å². The lowest BCUT2D eigenvalue weighted by atomic mass is 10.2. The van der Waals surface area contributed by atoms with Gasteiger partial charge in [-0.2, -0.15) is 0 Å². The standard InChI is InChI=1S/C12H15N3O/c1-8-2-3-10-11(6-8)15(12(16)14-10)9-4-5-13-7-9/h2-3,6,9,13H,4-5,7H2,1H3,(H,14,16). The van der Waals surface area contributed by atoms with Crippen molar-refractivity contribution in [2.45, 2.75) is 19.4 Å². The molecule has 1 saturated heterocycles. The molecule has 1 aliphatic rings. The van der Waals surface area contributed by atoms with E-state index in [1.165, 1.54) is 5.56 Å². The van der Waals surface area contributed by atoms with E-state index in [-0.39, 0.29) is 5.69 Å². The summed E-state index contributed by atoms with van der Waals surface area (Å²) in [6.45, 7) is 3.94. The maximum absolute atomic E-state index is 11.9. The maximum atomic E-state index is 11.9. The average molecular weight is 217 g/mol. The number of rotatable bonds is 1. The fraction of sp³-hybridized carbons (Fsp3) is 0.417. The predicted octanol–water partition coefficient (Wildman–Crippen LogP) is 1.17. The maximum Gasteiger partial charge on any atom is 0.326 e. The Hall–Kier alpha value is -1.55. The van der Waals surface area contributed by atoms with Crippen molar-refractivity contribution in [3.8, 4) is 0 Å². The van der Waals surface area contributed by atoms with Gasteiger partial charge in [0.25, 0.3) is 0 Å². The first-order valence-electron chi connectivity index (χ1n) is 5.67. The van der Waals surface area contributed by atoms with Gasteiger partial charge in [-0.15, -0.1) is 0 Å². The Bertz CT molecular complexity index is 575. The van der Waals surface area contributed by atoms with Gasteiger partial charge >= 0.3 is 5.69 Å². The van der Waals surface area contributed by atoms with Crippen LogP contribution in [0, 0.1) is 6.92 Å². The first-order valence-corrected chi connectivity index (χ1v) is 5.67. The number of nitrogens with one attached hydrogen (secondary N) is 2. The Labute approximate surface area is 93.3 Å². The number of fused-ring (bicyclic) bond motifs is 1. The SMILES string of the molecule is Cc1ccc2[nH]c(=O)n(C3CCNC3)c2c1. The fourth-order valence-electron chi connectivity index (χ4n) is 2.45. The van der Waals surface area contributed by atoms with Crippen LogP contribution in [0.4, 0.5) is 0 Å². The third-order valence-electron chi connectivity index (χ3n) is 3.27. The Kier molecular flexibility index (Phi) is 2.11. The van der Waals surface area contributed by atoms with E-state index in [4.69, 9.17) is 0 Å². The molecule has 0 spiro atoms. The van der Waals surface area contributed by atoms with Crippen LogP contribution < -0.4 is 11.0 Å². The van der Waals surface area contributed by atoms with E-state index in [9.17, 15) is 4.79 Å². The molecule has 1 unspecified atom stereocenters. The molecule has 3 rings (SSSR count). The molecule has 2 heterocycles. The summed E-state index contributed by atoms with van der Waals surface area (Å²) >= 11 is 0. The van der Waals surface area contributed by atoms with Gasteiger partial charge in [0.2, 0.25) is 0 Å². The summed E-state index contributed by atoms with van der Waals surface area (Å²) in [5.41, 5.74) is 3.15. The molecule has 0 bridgehead atoms. The van der Waals surface area contributed by atoms with Crippen LogP contribution in [0.5, 0.6) is 0 Å². The molecule has 1 aromatic heterocycles. The first-order chi connectivity index (χ1) is 7.75. The normalized spacial score (nSPS) is 20.7. The lowest BCUT2D eigenvalue weighted by molar-refractivity contribution is 0.546. The number of hydrogen-bond donors (Lipinski definition) is 2. The molecule has 16 heavy (non-hydrogen) atoms. The summed E-state index contributed by atoms with van der Waals surface area (Å²) in [4.78, 5) is 14.8. The molecule has 1 fully saturated rings. The number of imidazole rings is 1. The van der Waals surface area contributed by atoms with Crippen molar-refractivity contribution in [3.63, 3.8) is 0 Å². The molecule has 0 radical (unpaired) electrons. The van der Waals surface area contributed by atoms with Gasteiger partial charge in [0, 0.05) is 6.54 Å². The van der Waals surface area contributed by atoms with Gasteiger partial charge in [0.05, 0.1) is 17.1 Å². The second-order valence-corrected chi connectivity index (χ2v) is 4.47. The van der Waals surface area contributed by atoms with Crippen molar-refractivity contribution in [2.75, 3.05) is 13.1 Å². The third-order valence-corrected chi connectivity index (χ3v) is 3.27. The number of benzene rings is 1. The Morgan fingerprint density at radius 3 is 3.06 bits per heavy atom. The smallest absolute Gasteiger partial charge is 0.315 e. The zero-order chi connectivity index (χ0) is 11.1. The van der Waals surface area contributed by atoms with Crippen molar-refractivity contribution in [1.82, 2.24) is 14.9 Å². The molecule has 4 heteroatoms. The predicted molar refractivity (Wildman–Crippen MR) is 63.8 cm³/mol. The van der Waals surface area contributed by atoms with Crippen molar-refractivity contribution < 1.29 is 0 Å². The van der Waals surface area contributed by atoms with E-state index < -0.39 is 0 Å². The van der Waals surface area contributed by atoms with E-state index >= 15 is 0 Å². The molecule has 0 saturated carbocycles. The molecular formula is C12H15N3O. The average Bonchev–Trinajstić information content (AvgIpc) is 2.83. The van der Waals surface area contributed by atoms with Gasteiger partial charge in [-0.25, -0.2) is 4.79 Å². The van der Waals surface area contributed by atoms with Gasteiger partial charge in [-0.05, 0) is 37.6 Å². The van der Waals surface area contributed by atoms with Crippen molar-refractivity contribution in [3.05, 3.63) is 34.2 Å². The zero-order valence-corrected chi connectivity index (χ0v) is 9.29. The van der Waals surface area contributed by atoms with Crippen LogP contribution in [0.2, 0.25) is 0 Å². The lowest BCUT2D eigenvalue weighted by Crippen LogP contribution is -2.23. The van der Waals surface area contributed by atoms with Crippen LogP contribution in [0.15, 0.2) is 23.0 Å². The summed E-state index contributed by atoms with van der Waals surface area (Å²) in [6, 6.07) is 6.37. The minimum Gasteiger partial charge on any atom is -0.315 e. The summed E-state index contributed by atoms with van der Waals surface area (Å²) in [7, 11) is 0. The summed E-state index contributed by atoms with van der Waals surface area (Å²) < 4.78 is 1.89. The fourth-order valence-corrected chi connectivity index (χ4v) is 2.45. The van der Waals surface area contributed by atoms with Crippen molar-refractivity contribution >= 4 is 11.0 Å². The second-order valence-electron chi connectivity index (χ2n) is 4.47. The summed E-state index contributed by atoms with van der Waals surface area (Å²) in [6.07, 6.45) is 1.03. The molecule has 1 aliphatic heterocycles. The minimum atomic E-state index is 0.00861. The van der Waals surface area contributed by atoms with Crippen LogP contribution >= 0.6 is 0 Å². The van der Waals surface area contributed by atoms with Gasteiger partial charge in [-0.3, -0.25) is 4.57 Å². The first kappa shape index (κ1) is 9.66. The quantitative estimate of drug-likeness (QED) is 0.753. The largest absolute Gasteiger partial charge is 0.326 e. The molecule has 1 atom stereocenters. The second kappa shape index (κ2) is 3.49. The Balaban J connectivity index is 2.25.